The zero-order chi connectivity index (χ0) is 16.0. The van der Waals surface area contributed by atoms with E-state index in [0.29, 0.717) is 31.6 Å². The minimum atomic E-state index is -3.47. The average molecular weight is 338 g/mol. The number of thioether (sulfide) groups is 1. The van der Waals surface area contributed by atoms with Crippen LogP contribution in [0.3, 0.4) is 0 Å². The van der Waals surface area contributed by atoms with Crippen LogP contribution in [0, 0.1) is 0 Å². The first kappa shape index (κ1) is 18.2. The second-order valence-electron chi connectivity index (χ2n) is 5.07. The van der Waals surface area contributed by atoms with E-state index >= 15 is 0 Å². The van der Waals surface area contributed by atoms with Crippen LogP contribution in [0.2, 0.25) is 0 Å². The van der Waals surface area contributed by atoms with Gasteiger partial charge in [-0.05, 0) is 31.3 Å². The van der Waals surface area contributed by atoms with E-state index in [9.17, 15) is 18.0 Å². The van der Waals surface area contributed by atoms with E-state index in [0.717, 1.165) is 12.7 Å². The lowest BCUT2D eigenvalue weighted by Gasteiger charge is -2.33. The van der Waals surface area contributed by atoms with E-state index in [2.05, 4.69) is 5.32 Å². The van der Waals surface area contributed by atoms with Crippen molar-refractivity contribution in [2.45, 2.75) is 37.8 Å². The smallest absolute Gasteiger partial charge is 0.326 e. The highest BCUT2D eigenvalue weighted by Crippen LogP contribution is 2.20. The SMILES string of the molecule is CSCC[C@@H](NC(=O)C1CCCCN1S(C)(=O)=O)C(=O)O. The van der Waals surface area contributed by atoms with Gasteiger partial charge in [0.25, 0.3) is 0 Å². The number of carbonyl (C=O) groups excluding carboxylic acids is 1. The van der Waals surface area contributed by atoms with Crippen LogP contribution in [0.15, 0.2) is 0 Å². The van der Waals surface area contributed by atoms with Crippen molar-refractivity contribution in [3.8, 4) is 0 Å². The van der Waals surface area contributed by atoms with Crippen molar-refractivity contribution in [2.24, 2.45) is 0 Å². The van der Waals surface area contributed by atoms with Crippen molar-refractivity contribution in [1.29, 1.82) is 0 Å². The lowest BCUT2D eigenvalue weighted by molar-refractivity contribution is -0.142. The molecule has 0 radical (unpaired) electrons. The fourth-order valence-corrected chi connectivity index (χ4v) is 3.92. The zero-order valence-electron chi connectivity index (χ0n) is 12.2. The van der Waals surface area contributed by atoms with Crippen LogP contribution in [0.4, 0.5) is 0 Å². The van der Waals surface area contributed by atoms with Crippen LogP contribution in [-0.2, 0) is 19.6 Å². The van der Waals surface area contributed by atoms with Crippen LogP contribution in [0.25, 0.3) is 0 Å². The van der Waals surface area contributed by atoms with Gasteiger partial charge in [0.2, 0.25) is 15.9 Å². The number of piperidine rings is 1. The summed E-state index contributed by atoms with van der Waals surface area (Å²) in [5.41, 5.74) is 0. The number of carboxylic acid groups (broad SMARTS) is 1. The van der Waals surface area contributed by atoms with E-state index in [1.807, 2.05) is 6.26 Å². The van der Waals surface area contributed by atoms with Gasteiger partial charge in [-0.25, -0.2) is 13.2 Å². The van der Waals surface area contributed by atoms with Gasteiger partial charge in [0, 0.05) is 6.54 Å². The van der Waals surface area contributed by atoms with Crippen molar-refractivity contribution in [2.75, 3.05) is 24.8 Å². The van der Waals surface area contributed by atoms with Crippen molar-refractivity contribution in [3.63, 3.8) is 0 Å². The fourth-order valence-electron chi connectivity index (χ4n) is 2.32. The summed E-state index contributed by atoms with van der Waals surface area (Å²) in [4.78, 5) is 23.4. The summed E-state index contributed by atoms with van der Waals surface area (Å²) in [5.74, 6) is -1.01. The van der Waals surface area contributed by atoms with Crippen LogP contribution in [-0.4, -0.2) is 66.6 Å². The first-order chi connectivity index (χ1) is 9.77. The predicted octanol–water partition coefficient (Wildman–Crippen LogP) is 0.123. The van der Waals surface area contributed by atoms with Crippen LogP contribution >= 0.6 is 11.8 Å². The van der Waals surface area contributed by atoms with Crippen molar-refractivity contribution in [3.05, 3.63) is 0 Å². The summed E-state index contributed by atoms with van der Waals surface area (Å²) >= 11 is 1.49. The Labute approximate surface area is 129 Å². The maximum Gasteiger partial charge on any atom is 0.326 e. The molecule has 1 amide bonds. The number of rotatable bonds is 7. The largest absolute Gasteiger partial charge is 0.480 e. The lowest BCUT2D eigenvalue weighted by Crippen LogP contribution is -2.54. The van der Waals surface area contributed by atoms with E-state index in [4.69, 9.17) is 5.11 Å². The maximum atomic E-state index is 12.2. The van der Waals surface area contributed by atoms with Crippen molar-refractivity contribution in [1.82, 2.24) is 9.62 Å². The molecule has 1 rings (SSSR count). The van der Waals surface area contributed by atoms with Gasteiger partial charge in [0.05, 0.1) is 6.26 Å². The normalized spacial score (nSPS) is 21.7. The highest BCUT2D eigenvalue weighted by Gasteiger charge is 2.35. The molecule has 0 aliphatic carbocycles. The molecule has 9 heteroatoms. The highest BCUT2D eigenvalue weighted by atomic mass is 32.2. The Balaban J connectivity index is 2.77. The molecule has 1 saturated heterocycles. The molecule has 122 valence electrons. The second-order valence-corrected chi connectivity index (χ2v) is 7.99. The van der Waals surface area contributed by atoms with Gasteiger partial charge in [0.15, 0.2) is 0 Å². The van der Waals surface area contributed by atoms with Gasteiger partial charge in [-0.1, -0.05) is 6.42 Å². The highest BCUT2D eigenvalue weighted by molar-refractivity contribution is 7.98. The number of sulfonamides is 1. The Hall–Kier alpha value is -0.800. The standard InChI is InChI=1S/C12H22N2O5S2/c1-20-8-6-9(12(16)17)13-11(15)10-5-3-4-7-14(10)21(2,18)19/h9-10H,3-8H2,1-2H3,(H,13,15)(H,16,17)/t9-,10?/m1/s1. The molecule has 1 heterocycles. The topological polar surface area (TPSA) is 104 Å². The number of amides is 1. The zero-order valence-corrected chi connectivity index (χ0v) is 13.9. The van der Waals surface area contributed by atoms with E-state index in [-0.39, 0.29) is 0 Å². The van der Waals surface area contributed by atoms with Gasteiger partial charge in [-0.2, -0.15) is 16.1 Å². The van der Waals surface area contributed by atoms with Gasteiger partial charge >= 0.3 is 5.97 Å². The van der Waals surface area contributed by atoms with Crippen molar-refractivity contribution < 1.29 is 23.1 Å². The minimum Gasteiger partial charge on any atom is -0.480 e. The fraction of sp³-hybridized carbons (Fsp3) is 0.833. The molecule has 2 N–H and O–H groups in total. The van der Waals surface area contributed by atoms with Gasteiger partial charge in [0.1, 0.15) is 12.1 Å². The molecule has 1 unspecified atom stereocenters. The summed E-state index contributed by atoms with van der Waals surface area (Å²) in [6.07, 6.45) is 5.13. The number of nitrogens with zero attached hydrogens (tertiary/aromatic N) is 1. The van der Waals surface area contributed by atoms with Crippen LogP contribution in [0.1, 0.15) is 25.7 Å². The Morgan fingerprint density at radius 2 is 2.10 bits per heavy atom. The van der Waals surface area contributed by atoms with Crippen LogP contribution < -0.4 is 5.32 Å². The second kappa shape index (κ2) is 8.00. The Kier molecular flexibility index (Phi) is 6.95. The first-order valence-electron chi connectivity index (χ1n) is 6.76. The van der Waals surface area contributed by atoms with Gasteiger partial charge < -0.3 is 10.4 Å². The summed E-state index contributed by atoms with van der Waals surface area (Å²) in [5, 5.41) is 11.6. The summed E-state index contributed by atoms with van der Waals surface area (Å²) in [7, 11) is -3.47. The number of aliphatic carboxylic acids is 1. The van der Waals surface area contributed by atoms with E-state index < -0.39 is 34.0 Å². The molecule has 1 aliphatic rings. The molecule has 7 nitrogen and oxygen atoms in total. The summed E-state index contributed by atoms with van der Waals surface area (Å²) in [6.45, 7) is 0.305. The summed E-state index contributed by atoms with van der Waals surface area (Å²) in [6, 6.07) is -1.78. The molecule has 21 heavy (non-hydrogen) atoms. The number of carboxylic acids is 1. The molecule has 1 fully saturated rings. The van der Waals surface area contributed by atoms with Crippen LogP contribution in [0.5, 0.6) is 0 Å². The van der Waals surface area contributed by atoms with Crippen molar-refractivity contribution >= 4 is 33.7 Å². The molecule has 0 spiro atoms. The molecular formula is C12H22N2O5S2. The Morgan fingerprint density at radius 1 is 1.43 bits per heavy atom. The molecule has 1 aliphatic heterocycles. The Bertz CT molecular complexity index is 480. The van der Waals surface area contributed by atoms with Gasteiger partial charge in [-0.3, -0.25) is 4.79 Å². The first-order valence-corrected chi connectivity index (χ1v) is 10.0. The minimum absolute atomic E-state index is 0.305. The number of hydrogen-bond acceptors (Lipinski definition) is 5. The molecule has 0 bridgehead atoms. The number of hydrogen-bond donors (Lipinski definition) is 2. The Morgan fingerprint density at radius 3 is 2.62 bits per heavy atom. The molecule has 0 aromatic rings. The lowest BCUT2D eigenvalue weighted by atomic mass is 10.0. The van der Waals surface area contributed by atoms with Gasteiger partial charge in [-0.15, -0.1) is 0 Å². The molecule has 0 saturated carbocycles. The summed E-state index contributed by atoms with van der Waals surface area (Å²) < 4.78 is 24.6. The monoisotopic (exact) mass is 338 g/mol. The predicted molar refractivity (Wildman–Crippen MR) is 81.8 cm³/mol. The third-order valence-electron chi connectivity index (χ3n) is 3.41. The molecular weight excluding hydrogens is 316 g/mol. The molecule has 0 aromatic carbocycles. The van der Waals surface area contributed by atoms with E-state index in [1.165, 1.54) is 16.1 Å². The third kappa shape index (κ3) is 5.48. The molecule has 2 atom stereocenters. The number of carbonyl (C=O) groups is 2. The number of nitrogens with one attached hydrogen (secondary N) is 1. The average Bonchev–Trinajstić information content (AvgIpc) is 2.42. The maximum absolute atomic E-state index is 12.2. The van der Waals surface area contributed by atoms with E-state index in [1.54, 1.807) is 0 Å². The molecule has 0 aromatic heterocycles. The third-order valence-corrected chi connectivity index (χ3v) is 5.34. The quantitative estimate of drug-likeness (QED) is 0.683.